The fourth-order valence-electron chi connectivity index (χ4n) is 4.34. The van der Waals surface area contributed by atoms with Crippen LogP contribution in [0.3, 0.4) is 0 Å². The van der Waals surface area contributed by atoms with Crippen molar-refractivity contribution in [3.8, 4) is 34.3 Å². The summed E-state index contributed by atoms with van der Waals surface area (Å²) in [4.78, 5) is 35.6. The maximum absolute atomic E-state index is 12.7. The van der Waals surface area contributed by atoms with Crippen LogP contribution in [0.5, 0.6) is 23.0 Å². The molecule has 1 saturated heterocycles. The number of carboxylic acid groups (broad SMARTS) is 1. The number of carbonyl (C=O) groups excluding carboxylic acids is 1. The Balaban J connectivity index is 1.53. The summed E-state index contributed by atoms with van der Waals surface area (Å²) in [6, 6.07) is 6.95. The van der Waals surface area contributed by atoms with Crippen LogP contribution in [0, 0.1) is 0 Å². The third-order valence-electron chi connectivity index (χ3n) is 6.43. The van der Waals surface area contributed by atoms with Gasteiger partial charge in [0.25, 0.3) is 0 Å². The van der Waals surface area contributed by atoms with Crippen molar-refractivity contribution in [2.24, 2.45) is 0 Å². The van der Waals surface area contributed by atoms with E-state index >= 15 is 0 Å². The largest absolute Gasteiger partial charge is 0.507 e. The van der Waals surface area contributed by atoms with Gasteiger partial charge in [-0.25, -0.2) is 0 Å². The molecule has 0 bridgehead atoms. The molecule has 0 radical (unpaired) electrons. The van der Waals surface area contributed by atoms with Crippen LogP contribution in [0.1, 0.15) is 19.8 Å². The molecule has 3 aromatic rings. The summed E-state index contributed by atoms with van der Waals surface area (Å²) in [7, 11) is 0. The van der Waals surface area contributed by atoms with E-state index in [0.717, 1.165) is 25.1 Å². The molecule has 0 amide bonds. The molecule has 0 aliphatic carbocycles. The van der Waals surface area contributed by atoms with E-state index in [1.165, 1.54) is 18.2 Å². The molecular weight excluding hydrogens is 564 g/mol. The molecule has 2 aromatic carbocycles. The molecule has 6 atom stereocenters. The highest BCUT2D eigenvalue weighted by Crippen LogP contribution is 2.35. The van der Waals surface area contributed by atoms with Crippen molar-refractivity contribution in [1.82, 2.24) is 0 Å². The molecule has 15 nitrogen and oxygen atoms in total. The number of phenols is 3. The summed E-state index contributed by atoms with van der Waals surface area (Å²) in [5.74, 6) is -4.04. The van der Waals surface area contributed by atoms with Gasteiger partial charge in [0.15, 0.2) is 16.9 Å². The number of aliphatic hydroxyl groups is 4. The Morgan fingerprint density at radius 1 is 0.929 bits per heavy atom. The zero-order valence-corrected chi connectivity index (χ0v) is 21.9. The second-order valence-electron chi connectivity index (χ2n) is 10.1. The number of carbonyl (C=O) groups is 2. The van der Waals surface area contributed by atoms with Crippen molar-refractivity contribution in [3.05, 3.63) is 46.6 Å². The van der Waals surface area contributed by atoms with Crippen LogP contribution >= 0.6 is 0 Å². The van der Waals surface area contributed by atoms with Crippen LogP contribution in [0.15, 0.2) is 45.6 Å². The molecule has 15 heteroatoms. The van der Waals surface area contributed by atoms with Gasteiger partial charge in [0.1, 0.15) is 59.3 Å². The lowest BCUT2D eigenvalue weighted by atomic mass is 9.98. The first-order valence-corrected chi connectivity index (χ1v) is 12.4. The van der Waals surface area contributed by atoms with Crippen molar-refractivity contribution in [1.29, 1.82) is 0 Å². The van der Waals surface area contributed by atoms with E-state index in [-0.39, 0.29) is 28.0 Å². The second-order valence-corrected chi connectivity index (χ2v) is 10.1. The average Bonchev–Trinajstić information content (AvgIpc) is 2.88. The predicted molar refractivity (Wildman–Crippen MR) is 139 cm³/mol. The number of carboxylic acids is 1. The lowest BCUT2D eigenvalue weighted by Gasteiger charge is -2.40. The summed E-state index contributed by atoms with van der Waals surface area (Å²) in [6.45, 7) is 0.449. The van der Waals surface area contributed by atoms with Gasteiger partial charge in [-0.05, 0) is 25.1 Å². The Labute approximate surface area is 236 Å². The Hall–Kier alpha value is -4.41. The highest BCUT2D eigenvalue weighted by molar-refractivity contribution is 5.86. The van der Waals surface area contributed by atoms with Crippen LogP contribution in [0.2, 0.25) is 0 Å². The zero-order chi connectivity index (χ0) is 30.9. The number of esters is 1. The smallest absolute Gasteiger partial charge is 0.308 e. The van der Waals surface area contributed by atoms with Gasteiger partial charge in [-0.1, -0.05) is 0 Å². The molecule has 0 saturated carbocycles. The van der Waals surface area contributed by atoms with Crippen molar-refractivity contribution >= 4 is 22.9 Å². The van der Waals surface area contributed by atoms with E-state index in [1.807, 2.05) is 0 Å². The van der Waals surface area contributed by atoms with E-state index < -0.39 is 90.4 Å². The molecule has 1 aromatic heterocycles. The first-order chi connectivity index (χ1) is 19.6. The zero-order valence-electron chi connectivity index (χ0n) is 21.9. The van der Waals surface area contributed by atoms with Crippen LogP contribution in [0.25, 0.3) is 22.3 Å². The molecule has 1 aliphatic rings. The van der Waals surface area contributed by atoms with Gasteiger partial charge in [-0.3, -0.25) is 14.4 Å². The van der Waals surface area contributed by atoms with Crippen molar-refractivity contribution in [2.45, 2.75) is 56.1 Å². The van der Waals surface area contributed by atoms with Crippen LogP contribution in [-0.2, 0) is 19.1 Å². The molecule has 1 fully saturated rings. The maximum Gasteiger partial charge on any atom is 0.308 e. The number of hydrogen-bond donors (Lipinski definition) is 8. The number of aliphatic carboxylic acids is 1. The minimum Gasteiger partial charge on any atom is -0.507 e. The highest BCUT2D eigenvalue weighted by atomic mass is 16.7. The summed E-state index contributed by atoms with van der Waals surface area (Å²) >= 11 is 0. The first-order valence-electron chi connectivity index (χ1n) is 12.4. The van der Waals surface area contributed by atoms with E-state index in [4.69, 9.17) is 23.7 Å². The summed E-state index contributed by atoms with van der Waals surface area (Å²) in [5, 5.41) is 79.5. The fourth-order valence-corrected chi connectivity index (χ4v) is 4.34. The van der Waals surface area contributed by atoms with Crippen molar-refractivity contribution < 1.29 is 69.1 Å². The van der Waals surface area contributed by atoms with Crippen molar-refractivity contribution in [3.63, 3.8) is 0 Å². The van der Waals surface area contributed by atoms with Crippen LogP contribution in [-0.4, -0.2) is 95.7 Å². The van der Waals surface area contributed by atoms with Gasteiger partial charge in [0, 0.05) is 23.8 Å². The molecule has 3 unspecified atom stereocenters. The molecule has 42 heavy (non-hydrogen) atoms. The number of hydrogen-bond acceptors (Lipinski definition) is 14. The van der Waals surface area contributed by atoms with Crippen LogP contribution in [0.4, 0.5) is 0 Å². The topological polar surface area (TPSA) is 254 Å². The highest BCUT2D eigenvalue weighted by Gasteiger charge is 2.45. The van der Waals surface area contributed by atoms with Gasteiger partial charge < -0.3 is 59.5 Å². The fraction of sp³-hybridized carbons (Fsp3) is 0.370. The quantitative estimate of drug-likeness (QED) is 0.119. The normalized spacial score (nSPS) is 23.7. The van der Waals surface area contributed by atoms with E-state index in [2.05, 4.69) is 0 Å². The Morgan fingerprint density at radius 2 is 1.64 bits per heavy atom. The van der Waals surface area contributed by atoms with E-state index in [0.29, 0.717) is 0 Å². The number of phenolic OH excluding ortho intramolecular Hbond substituents is 3. The second kappa shape index (κ2) is 11.8. The molecule has 2 heterocycles. The van der Waals surface area contributed by atoms with E-state index in [1.54, 1.807) is 0 Å². The minimum atomic E-state index is -1.91. The van der Waals surface area contributed by atoms with Crippen molar-refractivity contribution in [2.75, 3.05) is 6.61 Å². The third-order valence-corrected chi connectivity index (χ3v) is 6.43. The standard InChI is InChI=1S/C27H28O15/c1-27(38,8-20(32)33)9-21(34)39-10-19-23(35)24(36)25(37)26(42-19)40-12-5-15(30)22-16(31)7-17(41-18(22)6-12)11-2-3-13(28)14(29)4-11/h2-7,19,23-26,28-30,35-38H,8-10H2,1H3,(H,32,33)/t19?,23-,24+,25?,26-,27?/m1/s1. The van der Waals surface area contributed by atoms with Gasteiger partial charge >= 0.3 is 11.9 Å². The number of rotatable bonds is 9. The van der Waals surface area contributed by atoms with Gasteiger partial charge in [0.2, 0.25) is 6.29 Å². The predicted octanol–water partition coefficient (Wildman–Crippen LogP) is -0.0778. The third kappa shape index (κ3) is 6.72. The summed E-state index contributed by atoms with van der Waals surface area (Å²) in [5.41, 5.74) is -2.52. The van der Waals surface area contributed by atoms with E-state index in [9.17, 15) is 50.1 Å². The van der Waals surface area contributed by atoms with Gasteiger partial charge in [-0.2, -0.15) is 0 Å². The minimum absolute atomic E-state index is 0.0314. The van der Waals surface area contributed by atoms with Crippen LogP contribution < -0.4 is 10.2 Å². The molecule has 8 N–H and O–H groups in total. The summed E-state index contributed by atoms with van der Waals surface area (Å²) < 4.78 is 21.7. The number of fused-ring (bicyclic) bond motifs is 1. The molecule has 1 aliphatic heterocycles. The lowest BCUT2D eigenvalue weighted by molar-refractivity contribution is -0.278. The molecular formula is C27H28O15. The first kappa shape index (κ1) is 30.5. The Bertz CT molecular complexity index is 1540. The maximum atomic E-state index is 12.7. The number of aromatic hydroxyl groups is 3. The molecule has 4 rings (SSSR count). The number of ether oxygens (including phenoxy) is 3. The summed E-state index contributed by atoms with van der Waals surface area (Å²) in [6.07, 6.45) is -9.99. The Morgan fingerprint density at radius 3 is 2.31 bits per heavy atom. The average molecular weight is 593 g/mol. The monoisotopic (exact) mass is 592 g/mol. The van der Waals surface area contributed by atoms with Gasteiger partial charge in [0.05, 0.1) is 18.4 Å². The molecule has 226 valence electrons. The Kier molecular flexibility index (Phi) is 8.60. The number of benzene rings is 2. The lowest BCUT2D eigenvalue weighted by Crippen LogP contribution is -2.60. The molecule has 0 spiro atoms. The van der Waals surface area contributed by atoms with Gasteiger partial charge in [-0.15, -0.1) is 0 Å². The SMILES string of the molecule is CC(O)(CC(=O)O)CC(=O)OCC1O[C@@H](Oc2cc(O)c3c(=O)cc(-c4ccc(O)c(O)c4)oc3c2)C(O)[C@@H](O)[C@@H]1O. The number of aliphatic hydroxyl groups excluding tert-OH is 3.